The molecule has 7 nitrogen and oxygen atoms in total. The van der Waals surface area contributed by atoms with E-state index in [4.69, 9.17) is 23.7 Å². The molecule has 5 atom stereocenters. The van der Waals surface area contributed by atoms with Crippen LogP contribution < -0.4 is 9.64 Å². The summed E-state index contributed by atoms with van der Waals surface area (Å²) in [6, 6.07) is 15.2. The lowest BCUT2D eigenvalue weighted by atomic mass is 9.79. The minimum absolute atomic E-state index is 0.000975. The van der Waals surface area contributed by atoms with Gasteiger partial charge in [0.15, 0.2) is 0 Å². The molecule has 1 aliphatic carbocycles. The summed E-state index contributed by atoms with van der Waals surface area (Å²) in [5, 5.41) is 9.94. The zero-order valence-corrected chi connectivity index (χ0v) is 26.8. The fourth-order valence-corrected chi connectivity index (χ4v) is 6.64. The highest BCUT2D eigenvalue weighted by molar-refractivity contribution is 7.98. The maximum absolute atomic E-state index is 9.94. The summed E-state index contributed by atoms with van der Waals surface area (Å²) in [6.07, 6.45) is 5.63. The van der Waals surface area contributed by atoms with Crippen LogP contribution in [-0.4, -0.2) is 82.1 Å². The van der Waals surface area contributed by atoms with Crippen LogP contribution in [0, 0.1) is 5.92 Å². The van der Waals surface area contributed by atoms with Gasteiger partial charge >= 0.3 is 0 Å². The number of fused-ring (bicyclic) bond motifs is 1. The van der Waals surface area contributed by atoms with E-state index < -0.39 is 6.10 Å². The number of nitrogens with zero attached hydrogens (tertiary/aromatic N) is 1. The van der Waals surface area contributed by atoms with E-state index in [9.17, 15) is 5.11 Å². The molecule has 0 unspecified atom stereocenters. The Bertz CT molecular complexity index is 1050. The average molecular weight is 602 g/mol. The summed E-state index contributed by atoms with van der Waals surface area (Å²) in [5.74, 6) is 2.70. The Morgan fingerprint density at radius 1 is 1.00 bits per heavy atom. The third-order valence-corrected chi connectivity index (χ3v) is 8.94. The van der Waals surface area contributed by atoms with Gasteiger partial charge in [-0.3, -0.25) is 0 Å². The van der Waals surface area contributed by atoms with Gasteiger partial charge in [-0.25, -0.2) is 0 Å². The standard InChI is InChI=1S/C34H51NO6S/c1-25(24-42-4)20-38-22-27-9-12-29(13-10-27)34-32(40-21-26(2)36)7-5-8-33(34)41-23-28-11-14-31-30(19-28)35(16-18-39-31)15-6-17-37-3/h9-14,19,25-26,32-34,36H,5-8,15-18,20-24H2,1-4H3/t25-,26-,32-,33+,34+/m1/s1. The molecule has 0 bridgehead atoms. The Hall–Kier alpha value is -1.81. The Balaban J connectivity index is 1.44. The number of ether oxygens (including phenoxy) is 5. The Kier molecular flexibility index (Phi) is 13.8. The van der Waals surface area contributed by atoms with E-state index in [2.05, 4.69) is 60.5 Å². The molecule has 2 aliphatic rings. The number of benzene rings is 2. The van der Waals surface area contributed by atoms with Gasteiger partial charge in [-0.1, -0.05) is 37.3 Å². The van der Waals surface area contributed by atoms with Crippen LogP contribution in [0.4, 0.5) is 5.69 Å². The van der Waals surface area contributed by atoms with Gasteiger partial charge in [0.2, 0.25) is 0 Å². The topological polar surface area (TPSA) is 69.6 Å². The summed E-state index contributed by atoms with van der Waals surface area (Å²) >= 11 is 1.86. The van der Waals surface area contributed by atoms with E-state index in [1.165, 1.54) is 11.1 Å². The predicted molar refractivity (Wildman–Crippen MR) is 171 cm³/mol. The highest BCUT2D eigenvalue weighted by Gasteiger charge is 2.36. The zero-order chi connectivity index (χ0) is 29.7. The van der Waals surface area contributed by atoms with E-state index in [-0.39, 0.29) is 18.1 Å². The summed E-state index contributed by atoms with van der Waals surface area (Å²) in [5.41, 5.74) is 4.68. The van der Waals surface area contributed by atoms with E-state index in [1.807, 2.05) is 11.8 Å². The second-order valence-electron chi connectivity index (χ2n) is 11.8. The van der Waals surface area contributed by atoms with Gasteiger partial charge in [0.1, 0.15) is 12.4 Å². The Morgan fingerprint density at radius 2 is 1.76 bits per heavy atom. The third-order valence-electron chi connectivity index (χ3n) is 8.04. The van der Waals surface area contributed by atoms with Crippen molar-refractivity contribution in [1.82, 2.24) is 0 Å². The molecule has 0 radical (unpaired) electrons. The largest absolute Gasteiger partial charge is 0.490 e. The maximum atomic E-state index is 9.94. The summed E-state index contributed by atoms with van der Waals surface area (Å²) < 4.78 is 30.2. The SMILES string of the molecule is COCCCN1CCOc2ccc(CO[C@H]3CCC[C@@H](OC[C@@H](C)O)[C@@H]3c3ccc(COC[C@@H](C)CSC)cc3)cc21. The number of thioether (sulfide) groups is 1. The zero-order valence-electron chi connectivity index (χ0n) is 26.0. The molecule has 2 aromatic rings. The molecular formula is C34H51NO6S. The molecule has 1 heterocycles. The van der Waals surface area contributed by atoms with Crippen molar-refractivity contribution in [3.05, 3.63) is 59.2 Å². The second-order valence-corrected chi connectivity index (χ2v) is 12.7. The van der Waals surface area contributed by atoms with E-state index in [0.717, 1.165) is 74.7 Å². The molecule has 1 N–H and O–H groups in total. The van der Waals surface area contributed by atoms with E-state index >= 15 is 0 Å². The number of aliphatic hydroxyl groups excluding tert-OH is 1. The smallest absolute Gasteiger partial charge is 0.142 e. The van der Waals surface area contributed by atoms with Gasteiger partial charge < -0.3 is 33.7 Å². The molecule has 1 aliphatic heterocycles. The molecule has 234 valence electrons. The lowest BCUT2D eigenvalue weighted by Gasteiger charge is -2.38. The molecule has 8 heteroatoms. The van der Waals surface area contributed by atoms with Crippen LogP contribution in [0.1, 0.15) is 62.1 Å². The molecule has 0 saturated heterocycles. The normalized spacial score (nSPS) is 21.9. The van der Waals surface area contributed by atoms with Gasteiger partial charge in [-0.15, -0.1) is 0 Å². The minimum Gasteiger partial charge on any atom is -0.490 e. The molecule has 0 amide bonds. The van der Waals surface area contributed by atoms with Crippen molar-refractivity contribution in [2.75, 3.05) is 63.5 Å². The Morgan fingerprint density at radius 3 is 2.50 bits per heavy atom. The highest BCUT2D eigenvalue weighted by Crippen LogP contribution is 2.39. The van der Waals surface area contributed by atoms with Crippen molar-refractivity contribution in [1.29, 1.82) is 0 Å². The monoisotopic (exact) mass is 601 g/mol. The first-order valence-electron chi connectivity index (χ1n) is 15.5. The fraction of sp³-hybridized carbons (Fsp3) is 0.647. The van der Waals surface area contributed by atoms with Crippen LogP contribution in [0.25, 0.3) is 0 Å². The van der Waals surface area contributed by atoms with Crippen LogP contribution in [0.5, 0.6) is 5.75 Å². The number of hydrogen-bond donors (Lipinski definition) is 1. The van der Waals surface area contributed by atoms with Crippen molar-refractivity contribution >= 4 is 17.4 Å². The quantitative estimate of drug-likeness (QED) is 0.220. The first-order valence-corrected chi connectivity index (χ1v) is 16.9. The molecular weight excluding hydrogens is 550 g/mol. The van der Waals surface area contributed by atoms with Gasteiger partial charge in [0.25, 0.3) is 0 Å². The van der Waals surface area contributed by atoms with Crippen molar-refractivity contribution in [3.63, 3.8) is 0 Å². The van der Waals surface area contributed by atoms with Crippen molar-refractivity contribution in [3.8, 4) is 5.75 Å². The van der Waals surface area contributed by atoms with E-state index in [1.54, 1.807) is 14.0 Å². The van der Waals surface area contributed by atoms with Gasteiger partial charge in [0.05, 0.1) is 57.0 Å². The first kappa shape index (κ1) is 33.1. The van der Waals surface area contributed by atoms with Crippen molar-refractivity contribution < 1.29 is 28.8 Å². The summed E-state index contributed by atoms with van der Waals surface area (Å²) in [4.78, 5) is 2.39. The number of hydrogen-bond acceptors (Lipinski definition) is 8. The summed E-state index contributed by atoms with van der Waals surface area (Å²) in [7, 11) is 1.75. The van der Waals surface area contributed by atoms with Gasteiger partial charge in [0, 0.05) is 26.2 Å². The minimum atomic E-state index is -0.496. The molecule has 4 rings (SSSR count). The second kappa shape index (κ2) is 17.5. The van der Waals surface area contributed by atoms with Gasteiger partial charge in [-0.2, -0.15) is 11.8 Å². The predicted octanol–water partition coefficient (Wildman–Crippen LogP) is 6.06. The maximum Gasteiger partial charge on any atom is 0.142 e. The number of anilines is 1. The molecule has 2 aromatic carbocycles. The molecule has 42 heavy (non-hydrogen) atoms. The summed E-state index contributed by atoms with van der Waals surface area (Å²) in [6.45, 7) is 9.54. The lowest BCUT2D eigenvalue weighted by Crippen LogP contribution is -2.38. The van der Waals surface area contributed by atoms with Gasteiger partial charge in [-0.05, 0) is 79.4 Å². The number of methoxy groups -OCH3 is 1. The molecule has 1 fully saturated rings. The van der Waals surface area contributed by atoms with Crippen molar-refractivity contribution in [2.24, 2.45) is 5.92 Å². The van der Waals surface area contributed by atoms with Crippen molar-refractivity contribution in [2.45, 2.75) is 77.0 Å². The van der Waals surface area contributed by atoms with Crippen LogP contribution in [0.15, 0.2) is 42.5 Å². The van der Waals surface area contributed by atoms with E-state index in [0.29, 0.717) is 32.3 Å². The first-order chi connectivity index (χ1) is 20.5. The average Bonchev–Trinajstić information content (AvgIpc) is 2.99. The molecule has 0 spiro atoms. The number of rotatable bonds is 17. The highest BCUT2D eigenvalue weighted by atomic mass is 32.2. The van der Waals surface area contributed by atoms with Crippen LogP contribution in [0.3, 0.4) is 0 Å². The fourth-order valence-electron chi connectivity index (χ4n) is 5.98. The molecule has 0 aromatic heterocycles. The third kappa shape index (κ3) is 9.86. The number of aliphatic hydroxyl groups is 1. The Labute approximate surface area is 257 Å². The molecule has 1 saturated carbocycles. The van der Waals surface area contributed by atoms with Crippen LogP contribution >= 0.6 is 11.8 Å². The van der Waals surface area contributed by atoms with Crippen LogP contribution in [0.2, 0.25) is 0 Å². The lowest BCUT2D eigenvalue weighted by molar-refractivity contribution is -0.0835. The van der Waals surface area contributed by atoms with Crippen LogP contribution in [-0.2, 0) is 32.2 Å².